The van der Waals surface area contributed by atoms with Crippen LogP contribution in [0.1, 0.15) is 31.2 Å². The monoisotopic (exact) mass is 552 g/mol. The number of nitrogens with one attached hydrogen (secondary N) is 2. The summed E-state index contributed by atoms with van der Waals surface area (Å²) in [5.74, 6) is -1.25. The van der Waals surface area contributed by atoms with Crippen LogP contribution in [0.5, 0.6) is 11.5 Å². The number of hydrogen-bond acceptors (Lipinski definition) is 6. The first-order valence-electron chi connectivity index (χ1n) is 13.5. The molecule has 2 fully saturated rings. The summed E-state index contributed by atoms with van der Waals surface area (Å²) < 4.78 is 59.9. The van der Waals surface area contributed by atoms with Crippen LogP contribution in [0.15, 0.2) is 36.4 Å². The molecule has 2 aliphatic heterocycles. The van der Waals surface area contributed by atoms with Crippen molar-refractivity contribution in [2.75, 3.05) is 55.6 Å². The number of amides is 1. The minimum absolute atomic E-state index is 0.00359. The first-order valence-corrected chi connectivity index (χ1v) is 13.5. The second-order valence-corrected chi connectivity index (χ2v) is 10.1. The lowest BCUT2D eigenvalue weighted by atomic mass is 9.95. The summed E-state index contributed by atoms with van der Waals surface area (Å²) in [7, 11) is 0. The summed E-state index contributed by atoms with van der Waals surface area (Å²) >= 11 is 0. The predicted octanol–water partition coefficient (Wildman–Crippen LogP) is 4.24. The van der Waals surface area contributed by atoms with Gasteiger partial charge in [-0.1, -0.05) is 6.07 Å². The van der Waals surface area contributed by atoms with Gasteiger partial charge in [0, 0.05) is 70.1 Å². The number of aryl methyl sites for hydroxylation is 1. The Labute approximate surface area is 226 Å². The number of rotatable bonds is 11. The molecule has 7 nitrogen and oxygen atoms in total. The first-order chi connectivity index (χ1) is 18.7. The van der Waals surface area contributed by atoms with Crippen molar-refractivity contribution < 1.29 is 32.2 Å². The number of benzene rings is 2. The third kappa shape index (κ3) is 8.14. The van der Waals surface area contributed by atoms with Gasteiger partial charge >= 0.3 is 6.18 Å². The molecule has 11 heteroatoms. The first kappa shape index (κ1) is 28.8. The van der Waals surface area contributed by atoms with Crippen LogP contribution in [0.3, 0.4) is 0 Å². The second-order valence-electron chi connectivity index (χ2n) is 10.1. The maximum Gasteiger partial charge on any atom is 0.391 e. The largest absolute Gasteiger partial charge is 0.506 e. The molecule has 2 aliphatic rings. The van der Waals surface area contributed by atoms with E-state index >= 15 is 0 Å². The fraction of sp³-hybridized carbons (Fsp3) is 0.536. The van der Waals surface area contributed by atoms with Crippen LogP contribution in [-0.2, 0) is 11.2 Å². The number of hydrogen-bond donors (Lipinski definition) is 3. The zero-order valence-corrected chi connectivity index (χ0v) is 21.9. The Morgan fingerprint density at radius 2 is 1.79 bits per heavy atom. The zero-order valence-electron chi connectivity index (χ0n) is 21.9. The number of nitrogens with zero attached hydrogens (tertiary/aromatic N) is 2. The molecule has 1 atom stereocenters. The standard InChI is InChI=1S/C28H36F4N4O3/c29-22-16-23(35-13-9-33-10-14-35)18-25(17-22)39-24(5-8-34-19-37)3-1-20-2-4-27(38)26(15-20)36-11-6-21(7-12-36)28(30,31)32/h2,4,15-19,21,24,33,38H,1,3,5-14H2,(H,34,37). The second kappa shape index (κ2) is 13.2. The molecule has 2 aromatic carbocycles. The Morgan fingerprint density at radius 1 is 1.05 bits per heavy atom. The highest BCUT2D eigenvalue weighted by molar-refractivity contribution is 5.59. The van der Waals surface area contributed by atoms with Gasteiger partial charge in [0.2, 0.25) is 6.41 Å². The minimum Gasteiger partial charge on any atom is -0.506 e. The normalized spacial score (nSPS) is 17.6. The molecule has 0 aromatic heterocycles. The SMILES string of the molecule is O=CNCCC(CCc1ccc(O)c(N2CCC(C(F)(F)F)CC2)c1)Oc1cc(F)cc(N2CCNCC2)c1. The van der Waals surface area contributed by atoms with Crippen molar-refractivity contribution in [1.29, 1.82) is 0 Å². The van der Waals surface area contributed by atoms with Gasteiger partial charge in [0.1, 0.15) is 23.4 Å². The minimum atomic E-state index is -4.20. The van der Waals surface area contributed by atoms with Crippen LogP contribution in [0, 0.1) is 11.7 Å². The van der Waals surface area contributed by atoms with Crippen LogP contribution in [-0.4, -0.2) is 69.6 Å². The topological polar surface area (TPSA) is 77.1 Å². The molecule has 214 valence electrons. The van der Waals surface area contributed by atoms with Gasteiger partial charge in [-0.05, 0) is 49.4 Å². The smallest absolute Gasteiger partial charge is 0.391 e. The lowest BCUT2D eigenvalue weighted by molar-refractivity contribution is -0.179. The van der Waals surface area contributed by atoms with Gasteiger partial charge in [0.15, 0.2) is 0 Å². The molecule has 2 aromatic rings. The third-order valence-electron chi connectivity index (χ3n) is 7.43. The van der Waals surface area contributed by atoms with E-state index in [4.69, 9.17) is 4.74 Å². The number of carbonyl (C=O) groups is 1. The van der Waals surface area contributed by atoms with Crippen molar-refractivity contribution in [3.63, 3.8) is 0 Å². The number of halogens is 4. The van der Waals surface area contributed by atoms with E-state index in [9.17, 15) is 27.5 Å². The molecule has 3 N–H and O–H groups in total. The molecule has 4 rings (SSSR count). The average molecular weight is 553 g/mol. The number of phenols is 1. The number of ether oxygens (including phenoxy) is 1. The van der Waals surface area contributed by atoms with Crippen LogP contribution in [0.2, 0.25) is 0 Å². The van der Waals surface area contributed by atoms with E-state index in [0.717, 1.165) is 37.4 Å². The maximum absolute atomic E-state index is 14.5. The van der Waals surface area contributed by atoms with Crippen LogP contribution in [0.25, 0.3) is 0 Å². The molecule has 0 saturated carbocycles. The maximum atomic E-state index is 14.5. The van der Waals surface area contributed by atoms with Crippen molar-refractivity contribution >= 4 is 17.8 Å². The number of piperidine rings is 1. The van der Waals surface area contributed by atoms with Crippen LogP contribution < -0.4 is 25.2 Å². The Bertz CT molecular complexity index is 1090. The van der Waals surface area contributed by atoms with Crippen LogP contribution in [0.4, 0.5) is 28.9 Å². The van der Waals surface area contributed by atoms with Crippen molar-refractivity contribution in [2.45, 2.75) is 44.4 Å². The van der Waals surface area contributed by atoms with E-state index < -0.39 is 12.1 Å². The number of phenolic OH excluding ortho intramolecular Hbond substituents is 1. The van der Waals surface area contributed by atoms with Gasteiger partial charge in [-0.3, -0.25) is 4.79 Å². The number of piperazine rings is 1. The van der Waals surface area contributed by atoms with Gasteiger partial charge in [-0.15, -0.1) is 0 Å². The molecule has 1 amide bonds. The highest BCUT2D eigenvalue weighted by Crippen LogP contribution is 2.38. The highest BCUT2D eigenvalue weighted by atomic mass is 19.4. The van der Waals surface area contributed by atoms with Gasteiger partial charge in [-0.25, -0.2) is 4.39 Å². The van der Waals surface area contributed by atoms with Gasteiger partial charge in [-0.2, -0.15) is 13.2 Å². The fourth-order valence-corrected chi connectivity index (χ4v) is 5.23. The quantitative estimate of drug-likeness (QED) is 0.220. The number of alkyl halides is 3. The summed E-state index contributed by atoms with van der Waals surface area (Å²) in [6, 6.07) is 9.85. The van der Waals surface area contributed by atoms with Gasteiger partial charge in [0.25, 0.3) is 0 Å². The molecule has 39 heavy (non-hydrogen) atoms. The van der Waals surface area contributed by atoms with Gasteiger partial charge < -0.3 is 30.3 Å². The summed E-state index contributed by atoms with van der Waals surface area (Å²) in [5, 5.41) is 16.3. The Balaban J connectivity index is 1.42. The van der Waals surface area contributed by atoms with Crippen molar-refractivity contribution in [3.8, 4) is 11.5 Å². The number of aromatic hydroxyl groups is 1. The van der Waals surface area contributed by atoms with E-state index in [-0.39, 0.29) is 43.6 Å². The lowest BCUT2D eigenvalue weighted by Crippen LogP contribution is -2.43. The summed E-state index contributed by atoms with van der Waals surface area (Å²) in [4.78, 5) is 14.7. The molecule has 2 heterocycles. The number of carbonyl (C=O) groups excluding carboxylic acids is 1. The molecular weight excluding hydrogens is 516 g/mol. The predicted molar refractivity (Wildman–Crippen MR) is 142 cm³/mol. The average Bonchev–Trinajstić information content (AvgIpc) is 2.92. The summed E-state index contributed by atoms with van der Waals surface area (Å²) in [6.45, 7) is 4.02. The molecule has 0 bridgehead atoms. The molecular formula is C28H36F4N4O3. The molecule has 0 radical (unpaired) electrons. The third-order valence-corrected chi connectivity index (χ3v) is 7.43. The van der Waals surface area contributed by atoms with E-state index in [1.54, 1.807) is 17.0 Å². The highest BCUT2D eigenvalue weighted by Gasteiger charge is 2.41. The molecule has 0 aliphatic carbocycles. The molecule has 2 saturated heterocycles. The van der Waals surface area contributed by atoms with E-state index in [0.29, 0.717) is 43.7 Å². The van der Waals surface area contributed by atoms with Crippen LogP contribution >= 0.6 is 0 Å². The van der Waals surface area contributed by atoms with Gasteiger partial charge in [0.05, 0.1) is 11.6 Å². The van der Waals surface area contributed by atoms with E-state index in [2.05, 4.69) is 15.5 Å². The number of anilines is 2. The summed E-state index contributed by atoms with van der Waals surface area (Å²) in [6.07, 6.45) is -2.28. The summed E-state index contributed by atoms with van der Waals surface area (Å²) in [5.41, 5.74) is 2.19. The Morgan fingerprint density at radius 3 is 2.49 bits per heavy atom. The van der Waals surface area contributed by atoms with Crippen molar-refractivity contribution in [2.24, 2.45) is 5.92 Å². The zero-order chi connectivity index (χ0) is 27.8. The Kier molecular flexibility index (Phi) is 9.77. The molecule has 0 spiro atoms. The van der Waals surface area contributed by atoms with Crippen molar-refractivity contribution in [3.05, 3.63) is 47.8 Å². The fourth-order valence-electron chi connectivity index (χ4n) is 5.23. The van der Waals surface area contributed by atoms with Crippen molar-refractivity contribution in [1.82, 2.24) is 10.6 Å². The lowest BCUT2D eigenvalue weighted by Gasteiger charge is -2.34. The van der Waals surface area contributed by atoms with E-state index in [1.165, 1.54) is 12.1 Å². The molecule has 1 unspecified atom stereocenters. The Hall–Kier alpha value is -3.21. The van der Waals surface area contributed by atoms with E-state index in [1.807, 2.05) is 12.1 Å².